The van der Waals surface area contributed by atoms with Crippen molar-refractivity contribution in [3.63, 3.8) is 0 Å². The van der Waals surface area contributed by atoms with Crippen LogP contribution in [-0.2, 0) is 0 Å². The first kappa shape index (κ1) is 24.0. The van der Waals surface area contributed by atoms with Crippen molar-refractivity contribution in [2.24, 2.45) is 0 Å². The maximum atomic E-state index is 14.1. The van der Waals surface area contributed by atoms with E-state index in [1.165, 1.54) is 45.0 Å². The number of rotatable bonds is 4. The third kappa shape index (κ3) is 3.68. The van der Waals surface area contributed by atoms with Crippen LogP contribution in [0.5, 0.6) is 0 Å². The van der Waals surface area contributed by atoms with Crippen LogP contribution >= 0.6 is 11.3 Å². The molecule has 0 radical (unpaired) electrons. The minimum absolute atomic E-state index is 0.325. The van der Waals surface area contributed by atoms with Crippen molar-refractivity contribution < 1.29 is 4.39 Å². The molecular formula is C34H28FN3S. The quantitative estimate of drug-likeness (QED) is 0.212. The predicted molar refractivity (Wildman–Crippen MR) is 163 cm³/mol. The van der Waals surface area contributed by atoms with Gasteiger partial charge < -0.3 is 0 Å². The summed E-state index contributed by atoms with van der Waals surface area (Å²) in [6.45, 7) is 9.03. The van der Waals surface area contributed by atoms with Crippen molar-refractivity contribution in [2.45, 2.75) is 39.5 Å². The Hall–Kier alpha value is -4.09. The number of aromatic nitrogens is 3. The number of fused-ring (bicyclic) bond motifs is 6. The van der Waals surface area contributed by atoms with E-state index < -0.39 is 5.95 Å². The van der Waals surface area contributed by atoms with E-state index in [2.05, 4.69) is 110 Å². The molecule has 3 aromatic heterocycles. The maximum absolute atomic E-state index is 14.1. The molecule has 0 spiro atoms. The topological polar surface area (TPSA) is 30.7 Å². The van der Waals surface area contributed by atoms with Crippen LogP contribution < -0.4 is 0 Å². The minimum atomic E-state index is -0.457. The summed E-state index contributed by atoms with van der Waals surface area (Å²) in [5.74, 6) is 1.09. The van der Waals surface area contributed by atoms with Crippen LogP contribution in [-0.4, -0.2) is 14.5 Å². The molecule has 0 amide bonds. The molecule has 0 atom stereocenters. The van der Waals surface area contributed by atoms with Gasteiger partial charge in [0.2, 0.25) is 5.95 Å². The largest absolute Gasteiger partial charge is 0.291 e. The highest BCUT2D eigenvalue weighted by Gasteiger charge is 2.25. The fourth-order valence-electron chi connectivity index (χ4n) is 5.84. The second-order valence-corrected chi connectivity index (χ2v) is 11.8. The van der Waals surface area contributed by atoms with Crippen LogP contribution in [0.3, 0.4) is 0 Å². The molecule has 0 unspecified atom stereocenters. The van der Waals surface area contributed by atoms with Crippen molar-refractivity contribution in [3.05, 3.63) is 102 Å². The van der Waals surface area contributed by atoms with Crippen LogP contribution in [0.25, 0.3) is 59.2 Å². The molecule has 0 saturated carbocycles. The first-order chi connectivity index (χ1) is 18.9. The Bertz CT molecular complexity index is 2020. The van der Waals surface area contributed by atoms with Crippen LogP contribution in [0.2, 0.25) is 0 Å². The van der Waals surface area contributed by atoms with Gasteiger partial charge in [0.15, 0.2) is 0 Å². The molecule has 192 valence electrons. The van der Waals surface area contributed by atoms with Gasteiger partial charge in [0, 0.05) is 26.4 Å². The molecule has 3 nitrogen and oxygen atoms in total. The van der Waals surface area contributed by atoms with Crippen molar-refractivity contribution in [3.8, 4) is 17.1 Å². The SMILES string of the molecule is CC(C)c1cccc(C(C)C)c1-n1c(-c2cccc3c2sc2nc(F)ccc23)nc2ccc3ccccc3c21. The van der Waals surface area contributed by atoms with Gasteiger partial charge in [0.05, 0.1) is 16.7 Å². The molecule has 7 rings (SSSR count). The number of para-hydroxylation sites is 1. The molecule has 7 aromatic rings. The van der Waals surface area contributed by atoms with Crippen molar-refractivity contribution in [2.75, 3.05) is 0 Å². The highest BCUT2D eigenvalue weighted by Crippen LogP contribution is 2.43. The molecule has 4 aromatic carbocycles. The molecule has 5 heteroatoms. The fourth-order valence-corrected chi connectivity index (χ4v) is 7.01. The molecule has 0 aliphatic carbocycles. The molecule has 0 aliphatic heterocycles. The zero-order valence-electron chi connectivity index (χ0n) is 22.4. The molecule has 39 heavy (non-hydrogen) atoms. The van der Waals surface area contributed by atoms with E-state index in [1.807, 2.05) is 6.07 Å². The minimum Gasteiger partial charge on any atom is -0.291 e. The van der Waals surface area contributed by atoms with Crippen molar-refractivity contribution in [1.29, 1.82) is 0 Å². The number of hydrogen-bond donors (Lipinski definition) is 0. The predicted octanol–water partition coefficient (Wildman–Crippen LogP) is 9.99. The number of halogens is 1. The average Bonchev–Trinajstić information content (AvgIpc) is 3.50. The first-order valence-electron chi connectivity index (χ1n) is 13.4. The highest BCUT2D eigenvalue weighted by molar-refractivity contribution is 7.26. The van der Waals surface area contributed by atoms with Crippen LogP contribution in [0.4, 0.5) is 4.39 Å². The second-order valence-electron chi connectivity index (χ2n) is 10.8. The van der Waals surface area contributed by atoms with Gasteiger partial charge in [0.1, 0.15) is 10.7 Å². The van der Waals surface area contributed by atoms with E-state index in [4.69, 9.17) is 4.98 Å². The number of nitrogens with zero attached hydrogens (tertiary/aromatic N) is 3. The van der Waals surface area contributed by atoms with E-state index in [1.54, 1.807) is 0 Å². The second kappa shape index (κ2) is 8.99. The van der Waals surface area contributed by atoms with E-state index in [0.717, 1.165) is 37.9 Å². The summed E-state index contributed by atoms with van der Waals surface area (Å²) >= 11 is 1.53. The lowest BCUT2D eigenvalue weighted by atomic mass is 9.92. The summed E-state index contributed by atoms with van der Waals surface area (Å²) in [5.41, 5.74) is 6.89. The third-order valence-corrected chi connectivity index (χ3v) is 8.83. The van der Waals surface area contributed by atoms with Crippen LogP contribution in [0.15, 0.2) is 84.9 Å². The monoisotopic (exact) mass is 529 g/mol. The average molecular weight is 530 g/mol. The first-order valence-corrected chi connectivity index (χ1v) is 14.3. The molecule has 0 aliphatic rings. The fraction of sp³-hybridized carbons (Fsp3) is 0.176. The Kier molecular flexibility index (Phi) is 5.53. The molecule has 3 heterocycles. The third-order valence-electron chi connectivity index (χ3n) is 7.68. The number of thiophene rings is 1. The summed E-state index contributed by atoms with van der Waals surface area (Å²) < 4.78 is 17.5. The smallest absolute Gasteiger partial charge is 0.214 e. The molecule has 0 fully saturated rings. The summed E-state index contributed by atoms with van der Waals surface area (Å²) in [6.07, 6.45) is 0. The molecule has 0 bridgehead atoms. The lowest BCUT2D eigenvalue weighted by Gasteiger charge is -2.23. The zero-order valence-corrected chi connectivity index (χ0v) is 23.2. The van der Waals surface area contributed by atoms with Crippen LogP contribution in [0, 0.1) is 5.95 Å². The van der Waals surface area contributed by atoms with Crippen molar-refractivity contribution >= 4 is 53.4 Å². The number of pyridine rings is 1. The van der Waals surface area contributed by atoms with Crippen LogP contribution in [0.1, 0.15) is 50.7 Å². The van der Waals surface area contributed by atoms with E-state index in [9.17, 15) is 4.39 Å². The maximum Gasteiger partial charge on any atom is 0.214 e. The Morgan fingerprint density at radius 3 is 2.18 bits per heavy atom. The van der Waals surface area contributed by atoms with Gasteiger partial charge in [-0.05, 0) is 52.6 Å². The number of imidazole rings is 1. The summed E-state index contributed by atoms with van der Waals surface area (Å²) in [4.78, 5) is 10.2. The number of hydrogen-bond acceptors (Lipinski definition) is 3. The normalized spacial score (nSPS) is 12.2. The van der Waals surface area contributed by atoms with Gasteiger partial charge in [-0.1, -0.05) is 88.4 Å². The summed E-state index contributed by atoms with van der Waals surface area (Å²) in [6, 6.07) is 29.1. The van der Waals surface area contributed by atoms with Gasteiger partial charge in [0.25, 0.3) is 0 Å². The Labute approximate surface area is 230 Å². The lowest BCUT2D eigenvalue weighted by Crippen LogP contribution is -2.08. The van der Waals surface area contributed by atoms with E-state index >= 15 is 0 Å². The van der Waals surface area contributed by atoms with Gasteiger partial charge >= 0.3 is 0 Å². The molecular weight excluding hydrogens is 501 g/mol. The Morgan fingerprint density at radius 1 is 0.692 bits per heavy atom. The van der Waals surface area contributed by atoms with E-state index in [-0.39, 0.29) is 0 Å². The molecule has 0 N–H and O–H groups in total. The lowest BCUT2D eigenvalue weighted by molar-refractivity contribution is 0.590. The van der Waals surface area contributed by atoms with Gasteiger partial charge in [-0.2, -0.15) is 4.39 Å². The highest BCUT2D eigenvalue weighted by atomic mass is 32.1. The van der Waals surface area contributed by atoms with E-state index in [0.29, 0.717) is 16.7 Å². The summed E-state index contributed by atoms with van der Waals surface area (Å²) in [5, 5.41) is 4.40. The summed E-state index contributed by atoms with van der Waals surface area (Å²) in [7, 11) is 0. The Balaban J connectivity index is 1.69. The van der Waals surface area contributed by atoms with Gasteiger partial charge in [-0.25, -0.2) is 9.97 Å². The molecule has 0 saturated heterocycles. The Morgan fingerprint density at radius 2 is 1.41 bits per heavy atom. The van der Waals surface area contributed by atoms with Gasteiger partial charge in [-0.15, -0.1) is 11.3 Å². The van der Waals surface area contributed by atoms with Gasteiger partial charge in [-0.3, -0.25) is 4.57 Å². The zero-order chi connectivity index (χ0) is 26.8. The van der Waals surface area contributed by atoms with Crippen molar-refractivity contribution in [1.82, 2.24) is 14.5 Å². The number of benzene rings is 4. The standard InChI is InChI=1S/C34H28FN3S/c1-19(2)22-11-7-12-23(20(3)4)30(22)38-31-24-10-6-5-9-21(24)15-17-28(31)36-33(38)27-14-8-13-25-26-16-18-29(35)37-34(26)39-32(25)27/h5-20H,1-4H3.